The van der Waals surface area contributed by atoms with Crippen molar-refractivity contribution in [2.24, 2.45) is 50.7 Å². The lowest BCUT2D eigenvalue weighted by molar-refractivity contribution is -0.329. The quantitative estimate of drug-likeness (QED) is 0.112. The molecule has 0 aromatic rings. The van der Waals surface area contributed by atoms with Crippen molar-refractivity contribution in [3.8, 4) is 0 Å². The Morgan fingerprint density at radius 1 is 0.780 bits per heavy atom. The largest absolute Gasteiger partial charge is 0.481 e. The minimum Gasteiger partial charge on any atom is -0.481 e. The Bertz CT molecular complexity index is 1660. The van der Waals surface area contributed by atoms with Crippen molar-refractivity contribution >= 4 is 11.9 Å². The first-order chi connectivity index (χ1) is 27.4. The zero-order chi connectivity index (χ0) is 43.6. The van der Waals surface area contributed by atoms with Crippen molar-refractivity contribution in [1.82, 2.24) is 0 Å². The molecule has 7 aliphatic rings. The van der Waals surface area contributed by atoms with Gasteiger partial charge < -0.3 is 75.1 Å². The zero-order valence-electron chi connectivity index (χ0n) is 34.8. The number of carboxylic acid groups (broad SMARTS) is 1. The van der Waals surface area contributed by atoms with Crippen LogP contribution >= 0.6 is 0 Å². The van der Waals surface area contributed by atoms with E-state index in [0.29, 0.717) is 38.5 Å². The molecule has 5 aliphatic carbocycles. The summed E-state index contributed by atoms with van der Waals surface area (Å²) in [7, 11) is 0. The Labute approximate surface area is 343 Å². The number of hydrogen-bond donors (Lipinski definition) is 11. The molecule has 17 heteroatoms. The minimum atomic E-state index is -1.89. The van der Waals surface area contributed by atoms with Gasteiger partial charge in [0.1, 0.15) is 48.8 Å². The lowest BCUT2D eigenvalue weighted by atomic mass is 9.33. The molecule has 0 amide bonds. The van der Waals surface area contributed by atoms with Crippen molar-refractivity contribution in [1.29, 1.82) is 0 Å². The maximum absolute atomic E-state index is 14.9. The van der Waals surface area contributed by atoms with Crippen molar-refractivity contribution in [2.45, 2.75) is 172 Å². The number of aliphatic hydroxyl groups excluding tert-OH is 9. The predicted octanol–water partition coefficient (Wildman–Crippen LogP) is -0.677. The smallest absolute Gasteiger partial charge is 0.315 e. The van der Waals surface area contributed by atoms with Crippen molar-refractivity contribution in [3.63, 3.8) is 0 Å². The number of rotatable bonds is 7. The molecule has 0 radical (unpaired) electrons. The molecule has 336 valence electrons. The number of carbonyl (C=O) groups is 2. The summed E-state index contributed by atoms with van der Waals surface area (Å²) in [5, 5.41) is 118. The van der Waals surface area contributed by atoms with Gasteiger partial charge in [0.25, 0.3) is 0 Å². The number of carbonyl (C=O) groups excluding carboxylic acids is 1. The summed E-state index contributed by atoms with van der Waals surface area (Å²) in [5.74, 6) is -3.41. The molecule has 0 bridgehead atoms. The van der Waals surface area contributed by atoms with Gasteiger partial charge in [0.2, 0.25) is 6.29 Å². The van der Waals surface area contributed by atoms with Gasteiger partial charge in [0.15, 0.2) is 6.29 Å². The molecule has 0 aromatic carbocycles. The monoisotopic (exact) mass is 842 g/mol. The van der Waals surface area contributed by atoms with Crippen LogP contribution in [0.25, 0.3) is 0 Å². The average Bonchev–Trinajstić information content (AvgIpc) is 3.17. The third-order valence-corrected chi connectivity index (χ3v) is 17.7. The van der Waals surface area contributed by atoms with E-state index in [-0.39, 0.29) is 24.7 Å². The van der Waals surface area contributed by atoms with E-state index in [1.165, 1.54) is 0 Å². The molecule has 3 unspecified atom stereocenters. The van der Waals surface area contributed by atoms with E-state index in [2.05, 4.69) is 19.9 Å². The van der Waals surface area contributed by atoms with E-state index in [1.807, 2.05) is 13.8 Å². The van der Waals surface area contributed by atoms with Crippen molar-refractivity contribution in [2.75, 3.05) is 13.2 Å². The van der Waals surface area contributed by atoms with Crippen molar-refractivity contribution < 1.29 is 84.7 Å². The molecular weight excluding hydrogens is 776 g/mol. The SMILES string of the molecule is C[C@@H]1CC[C@]2(C(=O)O[C@@H]3O[C@H](CO[C@@H]4O[C@H](CO)[C@@H](O)[C@H](O)[C@H]4O)[C@@H](O)[C@H](O)[C@H]3O)CC[C@]3(C)C(=CCC4[C@@]5(C)C[C@@H](O)[C@H](O)[C@](C)(C(=O)O)C5CC[C@]43C)C2[C@]1(C)O. The van der Waals surface area contributed by atoms with E-state index in [4.69, 9.17) is 18.9 Å². The Balaban J connectivity index is 1.17. The predicted molar refractivity (Wildman–Crippen MR) is 202 cm³/mol. The number of ether oxygens (including phenoxy) is 4. The molecule has 2 heterocycles. The molecule has 4 saturated carbocycles. The molecule has 0 aromatic heterocycles. The van der Waals surface area contributed by atoms with Gasteiger partial charge in [0.05, 0.1) is 41.9 Å². The summed E-state index contributed by atoms with van der Waals surface area (Å²) in [6, 6.07) is 0. The fourth-order valence-corrected chi connectivity index (χ4v) is 13.7. The zero-order valence-corrected chi connectivity index (χ0v) is 34.8. The fourth-order valence-electron chi connectivity index (χ4n) is 13.7. The minimum absolute atomic E-state index is 0.102. The number of allylic oxidation sites excluding steroid dienone is 1. The average molecular weight is 843 g/mol. The van der Waals surface area contributed by atoms with Crippen LogP contribution in [0.3, 0.4) is 0 Å². The Kier molecular flexibility index (Phi) is 11.6. The van der Waals surface area contributed by atoms with Gasteiger partial charge in [-0.3, -0.25) is 9.59 Å². The number of carboxylic acids is 1. The molecular formula is C42H66O17. The van der Waals surface area contributed by atoms with Gasteiger partial charge in [-0.05, 0) is 99.2 Å². The van der Waals surface area contributed by atoms with Gasteiger partial charge in [-0.2, -0.15) is 0 Å². The number of aliphatic hydroxyl groups is 10. The standard InChI is InChI=1S/C42H66O17/c1-18-9-12-42(36(54)59-34-30(50)28(48)26(46)22(58-34)17-56-33-29(49)27(47)25(45)21(16-43)57-33)14-13-38(3)19(31(42)41(18,6)55)7-8-23-37(2)15-20(44)32(51)40(5,35(52)53)24(37)10-11-39(23,38)4/h7,18,20-34,43-51,55H,8-17H2,1-6H3,(H,52,53)/t18-,20-,21-,22-,23?,24?,25-,26-,27+,28+,29-,30-,31?,32+,33-,34+,37-,38-,39-,40-,41-,42+/m1/s1. The highest BCUT2D eigenvalue weighted by Crippen LogP contribution is 2.76. The second-order valence-electron chi connectivity index (χ2n) is 20.3. The summed E-state index contributed by atoms with van der Waals surface area (Å²) < 4.78 is 22.8. The number of esters is 1. The molecule has 17 nitrogen and oxygen atoms in total. The van der Waals surface area contributed by atoms with Crippen LogP contribution in [0, 0.1) is 50.7 Å². The number of hydrogen-bond acceptors (Lipinski definition) is 16. The molecule has 0 spiro atoms. The van der Waals surface area contributed by atoms with Crippen molar-refractivity contribution in [3.05, 3.63) is 11.6 Å². The first-order valence-corrected chi connectivity index (χ1v) is 21.2. The summed E-state index contributed by atoms with van der Waals surface area (Å²) in [6.45, 7) is 10.3. The number of aliphatic carboxylic acids is 1. The third-order valence-electron chi connectivity index (χ3n) is 17.7. The van der Waals surface area contributed by atoms with Crippen LogP contribution in [0.5, 0.6) is 0 Å². The third kappa shape index (κ3) is 6.34. The topological polar surface area (TPSA) is 294 Å². The Morgan fingerprint density at radius 2 is 1.39 bits per heavy atom. The van der Waals surface area contributed by atoms with Crippen LogP contribution in [0.4, 0.5) is 0 Å². The van der Waals surface area contributed by atoms with E-state index in [9.17, 15) is 65.8 Å². The Morgan fingerprint density at radius 3 is 2.02 bits per heavy atom. The van der Waals surface area contributed by atoms with Gasteiger partial charge in [0, 0.05) is 5.92 Å². The highest BCUT2D eigenvalue weighted by Gasteiger charge is 2.73. The molecule has 11 N–H and O–H groups in total. The van der Waals surface area contributed by atoms with E-state index < -0.39 is 143 Å². The highest BCUT2D eigenvalue weighted by atomic mass is 16.7. The molecule has 59 heavy (non-hydrogen) atoms. The second kappa shape index (κ2) is 15.2. The summed E-state index contributed by atoms with van der Waals surface area (Å²) in [5.41, 5.74) is -5.09. The lowest BCUT2D eigenvalue weighted by Crippen LogP contribution is -2.70. The molecule has 7 rings (SSSR count). The van der Waals surface area contributed by atoms with Crippen LogP contribution in [-0.2, 0) is 28.5 Å². The van der Waals surface area contributed by atoms with Crippen LogP contribution in [-0.4, -0.2) is 161 Å². The van der Waals surface area contributed by atoms with Crippen LogP contribution < -0.4 is 0 Å². The lowest BCUT2D eigenvalue weighted by Gasteiger charge is -2.71. The summed E-state index contributed by atoms with van der Waals surface area (Å²) >= 11 is 0. The van der Waals surface area contributed by atoms with Crippen LogP contribution in [0.1, 0.15) is 92.9 Å². The first kappa shape index (κ1) is 45.2. The fraction of sp³-hybridized carbons (Fsp3) is 0.905. The first-order valence-electron chi connectivity index (χ1n) is 21.2. The van der Waals surface area contributed by atoms with Gasteiger partial charge in [-0.1, -0.05) is 39.3 Å². The molecule has 2 saturated heterocycles. The molecule has 22 atom stereocenters. The van der Waals surface area contributed by atoms with E-state index in [0.717, 1.165) is 5.57 Å². The van der Waals surface area contributed by atoms with E-state index in [1.54, 1.807) is 13.8 Å². The normalized spacial score (nSPS) is 56.0. The maximum atomic E-state index is 14.9. The summed E-state index contributed by atoms with van der Waals surface area (Å²) in [6.07, 6.45) is -13.9. The molecule has 2 aliphatic heterocycles. The van der Waals surface area contributed by atoms with Crippen LogP contribution in [0.15, 0.2) is 11.6 Å². The highest BCUT2D eigenvalue weighted by molar-refractivity contribution is 5.79. The number of fused-ring (bicyclic) bond motifs is 7. The van der Waals surface area contributed by atoms with Gasteiger partial charge in [-0.15, -0.1) is 0 Å². The Hall–Kier alpha value is -1.84. The maximum Gasteiger partial charge on any atom is 0.315 e. The molecule has 6 fully saturated rings. The summed E-state index contributed by atoms with van der Waals surface area (Å²) in [4.78, 5) is 27.7. The van der Waals surface area contributed by atoms with E-state index >= 15 is 0 Å². The van der Waals surface area contributed by atoms with Gasteiger partial charge >= 0.3 is 11.9 Å². The van der Waals surface area contributed by atoms with Crippen LogP contribution in [0.2, 0.25) is 0 Å². The van der Waals surface area contributed by atoms with Gasteiger partial charge in [-0.25, -0.2) is 0 Å². The second-order valence-corrected chi connectivity index (χ2v) is 20.3.